The summed E-state index contributed by atoms with van der Waals surface area (Å²) in [6, 6.07) is -0.494. The van der Waals surface area contributed by atoms with Crippen molar-refractivity contribution in [1.29, 1.82) is 0 Å². The van der Waals surface area contributed by atoms with E-state index < -0.39 is 12.0 Å². The molecule has 6 heteroatoms. The van der Waals surface area contributed by atoms with Crippen LogP contribution in [0.15, 0.2) is 0 Å². The van der Waals surface area contributed by atoms with E-state index in [4.69, 9.17) is 5.11 Å². The molecule has 17 heavy (non-hydrogen) atoms. The van der Waals surface area contributed by atoms with E-state index >= 15 is 0 Å². The van der Waals surface area contributed by atoms with Crippen LogP contribution < -0.4 is 0 Å². The Morgan fingerprint density at radius 2 is 1.65 bits per heavy atom. The van der Waals surface area contributed by atoms with Crippen LogP contribution in [0.25, 0.3) is 0 Å². The second-order valence-electron chi connectivity index (χ2n) is 4.44. The molecule has 1 N–H and O–H groups in total. The van der Waals surface area contributed by atoms with E-state index in [1.165, 1.54) is 18.7 Å². The van der Waals surface area contributed by atoms with Crippen LogP contribution in [0.2, 0.25) is 0 Å². The lowest BCUT2D eigenvalue weighted by Crippen LogP contribution is -2.60. The number of carbonyl (C=O) groups is 3. The zero-order valence-corrected chi connectivity index (χ0v) is 10.3. The first-order chi connectivity index (χ1) is 7.82. The van der Waals surface area contributed by atoms with Gasteiger partial charge in [-0.2, -0.15) is 0 Å². The Balaban J connectivity index is 2.84. The molecule has 0 aliphatic carbocycles. The van der Waals surface area contributed by atoms with Gasteiger partial charge in [0, 0.05) is 33.0 Å². The molecule has 0 bridgehead atoms. The molecular weight excluding hydrogens is 224 g/mol. The number of nitrogens with zero attached hydrogens (tertiary/aromatic N) is 2. The predicted molar refractivity (Wildman–Crippen MR) is 60.3 cm³/mol. The minimum atomic E-state index is -0.959. The Morgan fingerprint density at radius 3 is 2.06 bits per heavy atom. The first kappa shape index (κ1) is 13.5. The fourth-order valence-electron chi connectivity index (χ4n) is 2.24. The number of hydrogen-bond acceptors (Lipinski definition) is 3. The highest BCUT2D eigenvalue weighted by molar-refractivity contribution is 5.77. The van der Waals surface area contributed by atoms with Crippen molar-refractivity contribution in [3.63, 3.8) is 0 Å². The molecule has 1 saturated heterocycles. The van der Waals surface area contributed by atoms with Crippen LogP contribution in [0.5, 0.6) is 0 Å². The fourth-order valence-corrected chi connectivity index (χ4v) is 2.24. The topological polar surface area (TPSA) is 77.9 Å². The number of carboxylic acids is 1. The fraction of sp³-hybridized carbons (Fsp3) is 0.727. The van der Waals surface area contributed by atoms with Gasteiger partial charge in [-0.15, -0.1) is 0 Å². The van der Waals surface area contributed by atoms with Gasteiger partial charge in [-0.3, -0.25) is 14.4 Å². The van der Waals surface area contributed by atoms with Gasteiger partial charge in [0.1, 0.15) is 0 Å². The Morgan fingerprint density at radius 1 is 1.12 bits per heavy atom. The van der Waals surface area contributed by atoms with Crippen molar-refractivity contribution in [3.05, 3.63) is 0 Å². The Kier molecular flexibility index (Phi) is 4.09. The van der Waals surface area contributed by atoms with Crippen molar-refractivity contribution in [1.82, 2.24) is 9.80 Å². The molecule has 1 aliphatic rings. The molecule has 1 fully saturated rings. The first-order valence-corrected chi connectivity index (χ1v) is 5.59. The summed E-state index contributed by atoms with van der Waals surface area (Å²) in [5.74, 6) is -1.19. The number of hydrogen-bond donors (Lipinski definition) is 1. The van der Waals surface area contributed by atoms with Crippen molar-refractivity contribution in [2.45, 2.75) is 39.3 Å². The number of piperazine rings is 1. The van der Waals surface area contributed by atoms with Crippen molar-refractivity contribution in [2.24, 2.45) is 0 Å². The smallest absolute Gasteiger partial charge is 0.305 e. The number of carbonyl (C=O) groups excluding carboxylic acids is 2. The van der Waals surface area contributed by atoms with Gasteiger partial charge in [0.15, 0.2) is 0 Å². The Hall–Kier alpha value is -1.59. The third kappa shape index (κ3) is 3.18. The van der Waals surface area contributed by atoms with Gasteiger partial charge >= 0.3 is 5.97 Å². The van der Waals surface area contributed by atoms with Crippen LogP contribution in [0.3, 0.4) is 0 Å². The van der Waals surface area contributed by atoms with E-state index in [-0.39, 0.29) is 24.3 Å². The molecule has 6 nitrogen and oxygen atoms in total. The average molecular weight is 242 g/mol. The molecule has 1 heterocycles. The van der Waals surface area contributed by atoms with Crippen LogP contribution in [0.4, 0.5) is 0 Å². The standard InChI is InChI=1S/C11H18N2O4/c1-7-5-13(9(3)15)10(4-11(16)17)6-12(7)8(2)14/h7,10H,4-6H2,1-3H3,(H,16,17)/t7-,10+/m1/s1. The lowest BCUT2D eigenvalue weighted by Gasteiger charge is -2.44. The van der Waals surface area contributed by atoms with E-state index in [0.29, 0.717) is 13.1 Å². The molecule has 0 unspecified atom stereocenters. The second-order valence-corrected chi connectivity index (χ2v) is 4.44. The summed E-state index contributed by atoms with van der Waals surface area (Å²) in [6.45, 7) is 5.42. The average Bonchev–Trinajstić information content (AvgIpc) is 2.18. The van der Waals surface area contributed by atoms with E-state index in [9.17, 15) is 14.4 Å². The van der Waals surface area contributed by atoms with Gasteiger partial charge in [-0.05, 0) is 6.92 Å². The van der Waals surface area contributed by atoms with Crippen LogP contribution >= 0.6 is 0 Å². The summed E-state index contributed by atoms with van der Waals surface area (Å²) in [5.41, 5.74) is 0. The maximum Gasteiger partial charge on any atom is 0.305 e. The molecule has 0 aromatic rings. The molecule has 0 aromatic carbocycles. The molecular formula is C11H18N2O4. The van der Waals surface area contributed by atoms with Crippen LogP contribution in [0, 0.1) is 0 Å². The quantitative estimate of drug-likeness (QED) is 0.735. The summed E-state index contributed by atoms with van der Waals surface area (Å²) < 4.78 is 0. The third-order valence-corrected chi connectivity index (χ3v) is 3.06. The largest absolute Gasteiger partial charge is 0.481 e. The van der Waals surface area contributed by atoms with Crippen LogP contribution in [0.1, 0.15) is 27.2 Å². The van der Waals surface area contributed by atoms with E-state index in [0.717, 1.165) is 0 Å². The van der Waals surface area contributed by atoms with Gasteiger partial charge in [0.25, 0.3) is 0 Å². The number of rotatable bonds is 2. The minimum absolute atomic E-state index is 0.0681. The van der Waals surface area contributed by atoms with Gasteiger partial charge in [-0.1, -0.05) is 0 Å². The highest BCUT2D eigenvalue weighted by atomic mass is 16.4. The maximum absolute atomic E-state index is 11.4. The van der Waals surface area contributed by atoms with Crippen molar-refractivity contribution < 1.29 is 19.5 Å². The lowest BCUT2D eigenvalue weighted by atomic mass is 10.0. The molecule has 1 aliphatic heterocycles. The highest BCUT2D eigenvalue weighted by Gasteiger charge is 2.35. The van der Waals surface area contributed by atoms with E-state index in [1.807, 2.05) is 6.92 Å². The lowest BCUT2D eigenvalue weighted by molar-refractivity contribution is -0.148. The zero-order chi connectivity index (χ0) is 13.2. The van der Waals surface area contributed by atoms with Crippen molar-refractivity contribution in [2.75, 3.05) is 13.1 Å². The molecule has 96 valence electrons. The SMILES string of the molecule is CC(=O)N1C[C@@H](C)N(C(C)=O)C[C@@H]1CC(=O)O. The predicted octanol–water partition coefficient (Wildman–Crippen LogP) is -0.0712. The van der Waals surface area contributed by atoms with Crippen LogP contribution in [-0.4, -0.2) is 57.9 Å². The molecule has 0 aromatic heterocycles. The second kappa shape index (κ2) is 5.16. The molecule has 1 rings (SSSR count). The highest BCUT2D eigenvalue weighted by Crippen LogP contribution is 2.18. The summed E-state index contributed by atoms with van der Waals surface area (Å²) in [5, 5.41) is 8.81. The van der Waals surface area contributed by atoms with Gasteiger partial charge in [0.05, 0.1) is 12.5 Å². The maximum atomic E-state index is 11.4. The van der Waals surface area contributed by atoms with Crippen LogP contribution in [-0.2, 0) is 14.4 Å². The Labute approximate surface area is 100 Å². The monoisotopic (exact) mass is 242 g/mol. The minimum Gasteiger partial charge on any atom is -0.481 e. The third-order valence-electron chi connectivity index (χ3n) is 3.06. The zero-order valence-electron chi connectivity index (χ0n) is 10.3. The Bertz CT molecular complexity index is 342. The summed E-state index contributed by atoms with van der Waals surface area (Å²) in [7, 11) is 0. The van der Waals surface area contributed by atoms with Crippen molar-refractivity contribution >= 4 is 17.8 Å². The first-order valence-electron chi connectivity index (χ1n) is 5.59. The number of carboxylic acid groups (broad SMARTS) is 1. The molecule has 2 atom stereocenters. The van der Waals surface area contributed by atoms with E-state index in [1.54, 1.807) is 4.90 Å². The van der Waals surface area contributed by atoms with Gasteiger partial charge in [0.2, 0.25) is 11.8 Å². The number of amides is 2. The van der Waals surface area contributed by atoms with Crippen molar-refractivity contribution in [3.8, 4) is 0 Å². The normalized spacial score (nSPS) is 24.6. The molecule has 0 saturated carbocycles. The van der Waals surface area contributed by atoms with E-state index in [2.05, 4.69) is 0 Å². The summed E-state index contributed by atoms with van der Waals surface area (Å²) in [4.78, 5) is 36.7. The molecule has 0 spiro atoms. The summed E-state index contributed by atoms with van der Waals surface area (Å²) >= 11 is 0. The summed E-state index contributed by atoms with van der Waals surface area (Å²) in [6.07, 6.45) is -0.129. The number of aliphatic carboxylic acids is 1. The molecule has 0 radical (unpaired) electrons. The van der Waals surface area contributed by atoms with Gasteiger partial charge < -0.3 is 14.9 Å². The molecule has 2 amide bonds. The van der Waals surface area contributed by atoms with Gasteiger partial charge in [-0.25, -0.2) is 0 Å².